The van der Waals surface area contributed by atoms with E-state index in [1.165, 1.54) is 12.0 Å². The van der Waals surface area contributed by atoms with Gasteiger partial charge in [-0.15, -0.1) is 0 Å². The van der Waals surface area contributed by atoms with Crippen LogP contribution in [0.5, 0.6) is 5.75 Å². The molecule has 0 atom stereocenters. The standard InChI is InChI=1S/C23H29N3O5/c1-25(2)18-11-9-17(10-12-18)15-26(3)21(27)16-31-22(28)13-14-24-23(29)19-7-5-6-8-20(19)30-4/h5-12H,13-16H2,1-4H3,(H,24,29). The topological polar surface area (TPSA) is 88.2 Å². The van der Waals surface area contributed by atoms with Crippen LogP contribution in [0.1, 0.15) is 22.3 Å². The number of hydrogen-bond acceptors (Lipinski definition) is 6. The zero-order valence-corrected chi connectivity index (χ0v) is 18.4. The number of rotatable bonds is 10. The average molecular weight is 428 g/mol. The lowest BCUT2D eigenvalue weighted by Gasteiger charge is -2.18. The summed E-state index contributed by atoms with van der Waals surface area (Å²) < 4.78 is 10.2. The van der Waals surface area contributed by atoms with Crippen LogP contribution in [0.4, 0.5) is 5.69 Å². The lowest BCUT2D eigenvalue weighted by molar-refractivity contribution is -0.151. The number of nitrogens with one attached hydrogen (secondary N) is 1. The second-order valence-electron chi connectivity index (χ2n) is 7.18. The Balaban J connectivity index is 1.71. The van der Waals surface area contributed by atoms with Crippen LogP contribution >= 0.6 is 0 Å². The van der Waals surface area contributed by atoms with Crippen molar-refractivity contribution < 1.29 is 23.9 Å². The van der Waals surface area contributed by atoms with Crippen LogP contribution in [0.25, 0.3) is 0 Å². The molecule has 0 spiro atoms. The fourth-order valence-corrected chi connectivity index (χ4v) is 2.79. The summed E-state index contributed by atoms with van der Waals surface area (Å²) in [5, 5.41) is 2.64. The summed E-state index contributed by atoms with van der Waals surface area (Å²) in [6, 6.07) is 14.7. The Morgan fingerprint density at radius 1 is 0.968 bits per heavy atom. The van der Waals surface area contributed by atoms with E-state index in [9.17, 15) is 14.4 Å². The fraction of sp³-hybridized carbons (Fsp3) is 0.348. The van der Waals surface area contributed by atoms with E-state index in [1.807, 2.05) is 43.3 Å². The minimum atomic E-state index is -0.558. The second-order valence-corrected chi connectivity index (χ2v) is 7.18. The molecule has 0 saturated heterocycles. The van der Waals surface area contributed by atoms with Gasteiger partial charge in [-0.05, 0) is 29.8 Å². The minimum Gasteiger partial charge on any atom is -0.496 e. The van der Waals surface area contributed by atoms with Gasteiger partial charge in [0, 0.05) is 39.9 Å². The Bertz CT molecular complexity index is 896. The molecule has 0 aromatic heterocycles. The summed E-state index contributed by atoms with van der Waals surface area (Å²) in [4.78, 5) is 39.8. The van der Waals surface area contributed by atoms with E-state index >= 15 is 0 Å². The lowest BCUT2D eigenvalue weighted by Crippen LogP contribution is -2.32. The third kappa shape index (κ3) is 7.33. The molecule has 31 heavy (non-hydrogen) atoms. The van der Waals surface area contributed by atoms with Gasteiger partial charge in [-0.2, -0.15) is 0 Å². The van der Waals surface area contributed by atoms with Crippen molar-refractivity contribution in [1.29, 1.82) is 0 Å². The van der Waals surface area contributed by atoms with Crippen LogP contribution < -0.4 is 15.0 Å². The number of anilines is 1. The van der Waals surface area contributed by atoms with Crippen molar-refractivity contribution in [3.05, 3.63) is 59.7 Å². The molecule has 0 aliphatic carbocycles. The van der Waals surface area contributed by atoms with Crippen molar-refractivity contribution in [3.8, 4) is 5.75 Å². The van der Waals surface area contributed by atoms with Crippen LogP contribution in [0.2, 0.25) is 0 Å². The molecule has 0 radical (unpaired) electrons. The summed E-state index contributed by atoms with van der Waals surface area (Å²) in [7, 11) is 7.06. The molecule has 8 nitrogen and oxygen atoms in total. The predicted molar refractivity (Wildman–Crippen MR) is 118 cm³/mol. The molecule has 0 bridgehead atoms. The number of amides is 2. The smallest absolute Gasteiger partial charge is 0.308 e. The predicted octanol–water partition coefficient (Wildman–Crippen LogP) is 2.08. The molecule has 0 aliphatic rings. The van der Waals surface area contributed by atoms with Crippen LogP contribution in [0.15, 0.2) is 48.5 Å². The van der Waals surface area contributed by atoms with Crippen molar-refractivity contribution in [2.75, 3.05) is 46.3 Å². The average Bonchev–Trinajstić information content (AvgIpc) is 2.77. The highest BCUT2D eigenvalue weighted by molar-refractivity contribution is 5.97. The van der Waals surface area contributed by atoms with Gasteiger partial charge in [0.05, 0.1) is 19.1 Å². The lowest BCUT2D eigenvalue weighted by atomic mass is 10.2. The largest absolute Gasteiger partial charge is 0.496 e. The molecule has 0 aliphatic heterocycles. The summed E-state index contributed by atoms with van der Waals surface area (Å²) in [5.74, 6) is -0.755. The van der Waals surface area contributed by atoms with Crippen molar-refractivity contribution >= 4 is 23.5 Å². The number of carbonyl (C=O) groups is 3. The number of benzene rings is 2. The molecule has 0 heterocycles. The number of hydrogen-bond donors (Lipinski definition) is 1. The van der Waals surface area contributed by atoms with E-state index in [-0.39, 0.29) is 31.4 Å². The number of carbonyl (C=O) groups excluding carboxylic acids is 3. The SMILES string of the molecule is COc1ccccc1C(=O)NCCC(=O)OCC(=O)N(C)Cc1ccc(N(C)C)cc1. The van der Waals surface area contributed by atoms with Gasteiger partial charge in [0.15, 0.2) is 6.61 Å². The Hall–Kier alpha value is -3.55. The first-order valence-corrected chi connectivity index (χ1v) is 9.89. The van der Waals surface area contributed by atoms with E-state index in [4.69, 9.17) is 9.47 Å². The molecular weight excluding hydrogens is 398 g/mol. The summed E-state index contributed by atoms with van der Waals surface area (Å²) in [6.07, 6.45) is -0.0378. The normalized spacial score (nSPS) is 10.2. The third-order valence-corrected chi connectivity index (χ3v) is 4.62. The van der Waals surface area contributed by atoms with Gasteiger partial charge < -0.3 is 24.6 Å². The number of ether oxygens (including phenoxy) is 2. The molecule has 2 aromatic rings. The van der Waals surface area contributed by atoms with Crippen LogP contribution in [0.3, 0.4) is 0 Å². The first-order valence-electron chi connectivity index (χ1n) is 9.89. The van der Waals surface area contributed by atoms with Gasteiger partial charge >= 0.3 is 5.97 Å². The molecule has 0 saturated carbocycles. The molecule has 1 N–H and O–H groups in total. The maximum atomic E-state index is 12.2. The summed E-state index contributed by atoms with van der Waals surface area (Å²) in [5.41, 5.74) is 2.44. The maximum absolute atomic E-state index is 12.2. The van der Waals surface area contributed by atoms with Gasteiger partial charge in [-0.25, -0.2) is 0 Å². The van der Waals surface area contributed by atoms with E-state index < -0.39 is 5.97 Å². The molecule has 0 unspecified atom stereocenters. The van der Waals surface area contributed by atoms with E-state index in [1.54, 1.807) is 31.3 Å². The quantitative estimate of drug-likeness (QED) is 0.584. The van der Waals surface area contributed by atoms with Gasteiger partial charge in [0.1, 0.15) is 5.75 Å². The molecule has 2 aromatic carbocycles. The van der Waals surface area contributed by atoms with Crippen LogP contribution in [-0.2, 0) is 20.9 Å². The van der Waals surface area contributed by atoms with E-state index in [2.05, 4.69) is 5.32 Å². The number of esters is 1. The van der Waals surface area contributed by atoms with Crippen LogP contribution in [-0.4, -0.2) is 64.1 Å². The van der Waals surface area contributed by atoms with Gasteiger partial charge in [-0.3, -0.25) is 14.4 Å². The monoisotopic (exact) mass is 427 g/mol. The van der Waals surface area contributed by atoms with Crippen molar-refractivity contribution in [2.24, 2.45) is 0 Å². The third-order valence-electron chi connectivity index (χ3n) is 4.62. The molecule has 2 amide bonds. The van der Waals surface area contributed by atoms with Crippen LogP contribution in [0, 0.1) is 0 Å². The molecule has 166 valence electrons. The Labute approximate surface area is 182 Å². The molecule has 2 rings (SSSR count). The highest BCUT2D eigenvalue weighted by Gasteiger charge is 2.14. The molecule has 8 heteroatoms. The van der Waals surface area contributed by atoms with Crippen molar-refractivity contribution in [1.82, 2.24) is 10.2 Å². The number of nitrogens with zero attached hydrogens (tertiary/aromatic N) is 2. The fourth-order valence-electron chi connectivity index (χ4n) is 2.79. The Morgan fingerprint density at radius 3 is 2.29 bits per heavy atom. The first-order chi connectivity index (χ1) is 14.8. The van der Waals surface area contributed by atoms with Crippen molar-refractivity contribution in [3.63, 3.8) is 0 Å². The molecule has 0 fully saturated rings. The molecular formula is C23H29N3O5. The minimum absolute atomic E-state index is 0.0378. The number of methoxy groups -OCH3 is 1. The maximum Gasteiger partial charge on any atom is 0.308 e. The van der Waals surface area contributed by atoms with E-state index in [0.29, 0.717) is 17.9 Å². The van der Waals surface area contributed by atoms with Crippen molar-refractivity contribution in [2.45, 2.75) is 13.0 Å². The first kappa shape index (κ1) is 23.7. The van der Waals surface area contributed by atoms with E-state index in [0.717, 1.165) is 11.3 Å². The Morgan fingerprint density at radius 2 is 1.65 bits per heavy atom. The highest BCUT2D eigenvalue weighted by Crippen LogP contribution is 2.16. The summed E-state index contributed by atoms with van der Waals surface area (Å²) in [6.45, 7) is 0.169. The van der Waals surface area contributed by atoms with Gasteiger partial charge in [-0.1, -0.05) is 24.3 Å². The highest BCUT2D eigenvalue weighted by atomic mass is 16.5. The zero-order chi connectivity index (χ0) is 22.8. The number of para-hydroxylation sites is 1. The number of likely N-dealkylation sites (N-methyl/N-ethyl adjacent to an activating group) is 1. The van der Waals surface area contributed by atoms with Gasteiger partial charge in [0.25, 0.3) is 11.8 Å². The second kappa shape index (κ2) is 11.6. The zero-order valence-electron chi connectivity index (χ0n) is 18.4. The summed E-state index contributed by atoms with van der Waals surface area (Å²) >= 11 is 0. The Kier molecular flexibility index (Phi) is 8.87. The van der Waals surface area contributed by atoms with Gasteiger partial charge in [0.2, 0.25) is 0 Å².